The molecule has 0 unspecified atom stereocenters. The van der Waals surface area contributed by atoms with E-state index in [4.69, 9.17) is 14.0 Å². The molecule has 0 aromatic heterocycles. The highest BCUT2D eigenvalue weighted by Crippen LogP contribution is 2.36. The maximum absolute atomic E-state index is 6.06. The second kappa shape index (κ2) is 5.70. The van der Waals surface area contributed by atoms with E-state index in [1.165, 1.54) is 5.56 Å². The zero-order valence-corrected chi connectivity index (χ0v) is 14.4. The summed E-state index contributed by atoms with van der Waals surface area (Å²) in [5.41, 5.74) is 1.57. The van der Waals surface area contributed by atoms with Crippen LogP contribution in [0.4, 0.5) is 0 Å². The summed E-state index contributed by atoms with van der Waals surface area (Å²) in [6.07, 6.45) is 0. The van der Waals surface area contributed by atoms with E-state index in [-0.39, 0.29) is 18.3 Å². The lowest BCUT2D eigenvalue weighted by atomic mass is 9.79. The van der Waals surface area contributed by atoms with Gasteiger partial charge in [0.25, 0.3) is 0 Å². The van der Waals surface area contributed by atoms with Crippen molar-refractivity contribution < 1.29 is 14.0 Å². The third-order valence-corrected chi connectivity index (χ3v) is 4.66. The van der Waals surface area contributed by atoms with Gasteiger partial charge in [-0.25, -0.2) is 0 Å². The van der Waals surface area contributed by atoms with E-state index >= 15 is 0 Å². The van der Waals surface area contributed by atoms with Crippen molar-refractivity contribution in [2.75, 3.05) is 0 Å². The van der Waals surface area contributed by atoms with Crippen LogP contribution >= 0.6 is 0 Å². The molecule has 1 fully saturated rings. The van der Waals surface area contributed by atoms with Gasteiger partial charge in [0.1, 0.15) is 11.5 Å². The molecule has 1 heterocycles. The standard InChI is InChI=1S/C19H23BO3/c1-14-6-10-16(11-7-14)21-17-12-8-15(9-13-17)20-22-18(2,3)19(4,5)23-20/h6-13H,1-5H3. The number of hydrogen-bond acceptors (Lipinski definition) is 3. The number of hydrogen-bond donors (Lipinski definition) is 0. The van der Waals surface area contributed by atoms with Crippen LogP contribution in [0.15, 0.2) is 48.5 Å². The minimum Gasteiger partial charge on any atom is -0.457 e. The van der Waals surface area contributed by atoms with Gasteiger partial charge in [-0.2, -0.15) is 0 Å². The van der Waals surface area contributed by atoms with Crippen LogP contribution in [-0.2, 0) is 9.31 Å². The van der Waals surface area contributed by atoms with E-state index < -0.39 is 0 Å². The van der Waals surface area contributed by atoms with Gasteiger partial charge < -0.3 is 14.0 Å². The van der Waals surface area contributed by atoms with Gasteiger partial charge in [0.2, 0.25) is 0 Å². The molecule has 0 saturated carbocycles. The van der Waals surface area contributed by atoms with E-state index in [0.717, 1.165) is 17.0 Å². The lowest BCUT2D eigenvalue weighted by molar-refractivity contribution is 0.00578. The number of ether oxygens (including phenoxy) is 1. The summed E-state index contributed by atoms with van der Waals surface area (Å²) in [4.78, 5) is 0. The first-order valence-electron chi connectivity index (χ1n) is 7.97. The molecule has 1 aliphatic rings. The highest BCUT2D eigenvalue weighted by molar-refractivity contribution is 6.62. The van der Waals surface area contributed by atoms with Crippen LogP contribution in [0, 0.1) is 6.92 Å². The molecule has 0 atom stereocenters. The van der Waals surface area contributed by atoms with Crippen molar-refractivity contribution in [3.05, 3.63) is 54.1 Å². The van der Waals surface area contributed by atoms with Gasteiger partial charge in [-0.15, -0.1) is 0 Å². The number of aryl methyl sites for hydroxylation is 1. The summed E-state index contributed by atoms with van der Waals surface area (Å²) in [6, 6.07) is 15.9. The Bertz CT molecular complexity index is 659. The summed E-state index contributed by atoms with van der Waals surface area (Å²) < 4.78 is 18.0. The number of rotatable bonds is 3. The van der Waals surface area contributed by atoms with Crippen molar-refractivity contribution in [3.63, 3.8) is 0 Å². The average molecular weight is 310 g/mol. The molecule has 0 spiro atoms. The van der Waals surface area contributed by atoms with Crippen molar-refractivity contribution in [2.24, 2.45) is 0 Å². The molecule has 0 aliphatic carbocycles. The van der Waals surface area contributed by atoms with Crippen molar-refractivity contribution in [2.45, 2.75) is 45.8 Å². The zero-order valence-electron chi connectivity index (χ0n) is 14.4. The van der Waals surface area contributed by atoms with E-state index in [1.54, 1.807) is 0 Å². The Kier molecular flexibility index (Phi) is 3.99. The highest BCUT2D eigenvalue weighted by atomic mass is 16.7. The van der Waals surface area contributed by atoms with Crippen molar-refractivity contribution in [1.82, 2.24) is 0 Å². The van der Waals surface area contributed by atoms with Gasteiger partial charge in [0.15, 0.2) is 0 Å². The normalized spacial score (nSPS) is 18.9. The Balaban J connectivity index is 1.72. The van der Waals surface area contributed by atoms with Gasteiger partial charge in [-0.05, 0) is 64.3 Å². The molecule has 0 radical (unpaired) electrons. The molecule has 3 nitrogen and oxygen atoms in total. The first-order valence-corrected chi connectivity index (χ1v) is 7.97. The third-order valence-electron chi connectivity index (χ3n) is 4.66. The zero-order chi connectivity index (χ0) is 16.7. The molecule has 3 rings (SSSR count). The monoisotopic (exact) mass is 310 g/mol. The minimum absolute atomic E-state index is 0.325. The molecule has 23 heavy (non-hydrogen) atoms. The quantitative estimate of drug-likeness (QED) is 0.799. The molecule has 120 valence electrons. The van der Waals surface area contributed by atoms with Crippen LogP contribution in [0.5, 0.6) is 11.5 Å². The summed E-state index contributed by atoms with van der Waals surface area (Å²) in [5, 5.41) is 0. The minimum atomic E-state index is -0.339. The molecule has 1 aliphatic heterocycles. The largest absolute Gasteiger partial charge is 0.494 e. The van der Waals surface area contributed by atoms with E-state index in [9.17, 15) is 0 Å². The van der Waals surface area contributed by atoms with Gasteiger partial charge in [0.05, 0.1) is 11.2 Å². The predicted molar refractivity (Wildman–Crippen MR) is 93.4 cm³/mol. The second-order valence-electron chi connectivity index (χ2n) is 7.07. The third kappa shape index (κ3) is 3.28. The SMILES string of the molecule is Cc1ccc(Oc2ccc(B3OC(C)(C)C(C)(C)O3)cc2)cc1. The summed E-state index contributed by atoms with van der Waals surface area (Å²) in [7, 11) is -0.339. The lowest BCUT2D eigenvalue weighted by Crippen LogP contribution is -2.41. The van der Waals surface area contributed by atoms with E-state index in [1.807, 2.05) is 48.5 Å². The molecular formula is C19H23BO3. The van der Waals surface area contributed by atoms with Crippen LogP contribution in [0.25, 0.3) is 0 Å². The maximum atomic E-state index is 6.06. The fourth-order valence-corrected chi connectivity index (χ4v) is 2.41. The lowest BCUT2D eigenvalue weighted by Gasteiger charge is -2.32. The Morgan fingerprint density at radius 3 is 1.65 bits per heavy atom. The molecule has 0 amide bonds. The first-order chi connectivity index (χ1) is 10.8. The second-order valence-corrected chi connectivity index (χ2v) is 7.07. The average Bonchev–Trinajstić information content (AvgIpc) is 2.71. The molecular weight excluding hydrogens is 287 g/mol. The fourth-order valence-electron chi connectivity index (χ4n) is 2.41. The van der Waals surface area contributed by atoms with Crippen molar-refractivity contribution in [1.29, 1.82) is 0 Å². The highest BCUT2D eigenvalue weighted by Gasteiger charge is 2.51. The van der Waals surface area contributed by atoms with Crippen LogP contribution < -0.4 is 10.2 Å². The molecule has 1 saturated heterocycles. The Morgan fingerprint density at radius 1 is 0.739 bits per heavy atom. The predicted octanol–water partition coefficient (Wildman–Crippen LogP) is 4.09. The van der Waals surface area contributed by atoms with Crippen LogP contribution in [0.3, 0.4) is 0 Å². The maximum Gasteiger partial charge on any atom is 0.494 e. The summed E-state index contributed by atoms with van der Waals surface area (Å²) >= 11 is 0. The Morgan fingerprint density at radius 2 is 1.17 bits per heavy atom. The fraction of sp³-hybridized carbons (Fsp3) is 0.368. The molecule has 0 bridgehead atoms. The van der Waals surface area contributed by atoms with Gasteiger partial charge in [-0.1, -0.05) is 29.8 Å². The van der Waals surface area contributed by atoms with E-state index in [2.05, 4.69) is 34.6 Å². The Hall–Kier alpha value is -1.78. The first kappa shape index (κ1) is 16.1. The van der Waals surface area contributed by atoms with Crippen LogP contribution in [0.2, 0.25) is 0 Å². The van der Waals surface area contributed by atoms with Crippen molar-refractivity contribution >= 4 is 12.6 Å². The summed E-state index contributed by atoms with van der Waals surface area (Å²) in [6.45, 7) is 10.3. The van der Waals surface area contributed by atoms with Gasteiger partial charge >= 0.3 is 7.12 Å². The molecule has 0 N–H and O–H groups in total. The van der Waals surface area contributed by atoms with Gasteiger partial charge in [0, 0.05) is 0 Å². The molecule has 2 aromatic carbocycles. The number of benzene rings is 2. The topological polar surface area (TPSA) is 27.7 Å². The van der Waals surface area contributed by atoms with Gasteiger partial charge in [-0.3, -0.25) is 0 Å². The van der Waals surface area contributed by atoms with E-state index in [0.29, 0.717) is 0 Å². The van der Waals surface area contributed by atoms with Crippen LogP contribution in [0.1, 0.15) is 33.3 Å². The Labute approximate surface area is 138 Å². The van der Waals surface area contributed by atoms with Crippen molar-refractivity contribution in [3.8, 4) is 11.5 Å². The molecule has 4 heteroatoms. The smallest absolute Gasteiger partial charge is 0.457 e. The molecule has 2 aromatic rings. The van der Waals surface area contributed by atoms with Crippen LogP contribution in [-0.4, -0.2) is 18.3 Å². The summed E-state index contributed by atoms with van der Waals surface area (Å²) in [5.74, 6) is 1.63.